The second-order valence-electron chi connectivity index (χ2n) is 7.04. The van der Waals surface area contributed by atoms with E-state index in [-0.39, 0.29) is 12.5 Å². The summed E-state index contributed by atoms with van der Waals surface area (Å²) >= 11 is 12.5. The molecule has 0 unspecified atom stereocenters. The van der Waals surface area contributed by atoms with Gasteiger partial charge in [0.15, 0.2) is 11.5 Å². The van der Waals surface area contributed by atoms with E-state index >= 15 is 0 Å². The second-order valence-corrected chi connectivity index (χ2v) is 7.88. The van der Waals surface area contributed by atoms with E-state index in [2.05, 4.69) is 5.32 Å². The quantitative estimate of drug-likeness (QED) is 0.447. The number of rotatable bonds is 4. The van der Waals surface area contributed by atoms with Crippen molar-refractivity contribution in [1.29, 1.82) is 0 Å². The number of nitrogens with zero attached hydrogens (tertiary/aromatic N) is 2. The highest BCUT2D eigenvalue weighted by atomic mass is 35.5. The lowest BCUT2D eigenvalue weighted by atomic mass is 10.2. The molecule has 1 N–H and O–H groups in total. The van der Waals surface area contributed by atoms with Gasteiger partial charge in [-0.2, -0.15) is 0 Å². The lowest BCUT2D eigenvalue weighted by molar-refractivity contribution is -0.116. The summed E-state index contributed by atoms with van der Waals surface area (Å²) in [6.07, 6.45) is 0. The molecule has 8 heteroatoms. The summed E-state index contributed by atoms with van der Waals surface area (Å²) in [6.45, 7) is 1.06. The summed E-state index contributed by atoms with van der Waals surface area (Å²) in [5.74, 6) is 1.68. The number of anilines is 1. The molecule has 156 valence electrons. The minimum atomic E-state index is -0.203. The minimum absolute atomic E-state index is 0.0588. The Morgan fingerprint density at radius 2 is 1.81 bits per heavy atom. The first-order chi connectivity index (χ1) is 15.1. The third-order valence-electron chi connectivity index (χ3n) is 4.95. The van der Waals surface area contributed by atoms with Crippen molar-refractivity contribution in [3.63, 3.8) is 0 Å². The number of fused-ring (bicyclic) bond motifs is 2. The molecule has 5 rings (SSSR count). The molecule has 0 bridgehead atoms. The van der Waals surface area contributed by atoms with E-state index in [0.29, 0.717) is 51.8 Å². The van der Waals surface area contributed by atoms with Crippen molar-refractivity contribution in [2.45, 2.75) is 6.54 Å². The van der Waals surface area contributed by atoms with Crippen LogP contribution in [0.5, 0.6) is 11.5 Å². The van der Waals surface area contributed by atoms with Crippen LogP contribution < -0.4 is 14.8 Å². The molecule has 3 aromatic carbocycles. The Hall–Kier alpha value is -3.22. The number of hydrogen-bond acceptors (Lipinski definition) is 4. The molecular weight excluding hydrogens is 437 g/mol. The summed E-state index contributed by atoms with van der Waals surface area (Å²) in [5.41, 5.74) is 2.94. The number of halogens is 2. The van der Waals surface area contributed by atoms with Gasteiger partial charge in [-0.15, -0.1) is 0 Å². The Morgan fingerprint density at radius 1 is 1.00 bits per heavy atom. The molecule has 0 spiro atoms. The van der Waals surface area contributed by atoms with Gasteiger partial charge in [0.25, 0.3) is 0 Å². The summed E-state index contributed by atoms with van der Waals surface area (Å²) < 4.78 is 13.0. The maximum Gasteiger partial charge on any atom is 0.244 e. The first kappa shape index (κ1) is 19.7. The van der Waals surface area contributed by atoms with Crippen LogP contribution in [-0.2, 0) is 11.3 Å². The number of carbonyl (C=O) groups is 1. The van der Waals surface area contributed by atoms with Gasteiger partial charge in [0, 0.05) is 22.3 Å². The van der Waals surface area contributed by atoms with E-state index in [1.807, 2.05) is 28.8 Å². The largest absolute Gasteiger partial charge is 0.486 e. The number of nitrogens with one attached hydrogen (secondary N) is 1. The Bertz CT molecular complexity index is 1300. The molecule has 0 saturated carbocycles. The molecular formula is C23H17Cl2N3O3. The predicted octanol–water partition coefficient (Wildman–Crippen LogP) is 5.42. The molecule has 4 aromatic rings. The third kappa shape index (κ3) is 3.92. The van der Waals surface area contributed by atoms with Crippen molar-refractivity contribution in [2.75, 3.05) is 18.5 Å². The summed E-state index contributed by atoms with van der Waals surface area (Å²) in [6, 6.07) is 18.2. The highest BCUT2D eigenvalue weighted by molar-refractivity contribution is 6.36. The fourth-order valence-corrected chi connectivity index (χ4v) is 4.07. The molecule has 1 amide bonds. The molecule has 1 aromatic heterocycles. The first-order valence-electron chi connectivity index (χ1n) is 9.69. The zero-order chi connectivity index (χ0) is 21.4. The number of carbonyl (C=O) groups excluding carboxylic acids is 1. The van der Waals surface area contributed by atoms with Crippen LogP contribution in [0.25, 0.3) is 22.4 Å². The van der Waals surface area contributed by atoms with E-state index in [1.54, 1.807) is 36.4 Å². The van der Waals surface area contributed by atoms with E-state index < -0.39 is 0 Å². The highest BCUT2D eigenvalue weighted by Crippen LogP contribution is 2.34. The fraction of sp³-hybridized carbons (Fsp3) is 0.130. The van der Waals surface area contributed by atoms with Crippen molar-refractivity contribution in [2.24, 2.45) is 0 Å². The lowest BCUT2D eigenvalue weighted by Crippen LogP contribution is -2.20. The molecule has 0 atom stereocenters. The SMILES string of the molecule is O=C(Cn1c(-c2ccc(Cl)cc2Cl)nc2ccccc21)Nc1ccc2c(c1)OCCO2. The highest BCUT2D eigenvalue weighted by Gasteiger charge is 2.18. The molecule has 6 nitrogen and oxygen atoms in total. The van der Waals surface area contributed by atoms with Crippen LogP contribution in [-0.4, -0.2) is 28.7 Å². The fourth-order valence-electron chi connectivity index (χ4n) is 3.58. The van der Waals surface area contributed by atoms with Gasteiger partial charge in [0.1, 0.15) is 25.6 Å². The summed E-state index contributed by atoms with van der Waals surface area (Å²) in [4.78, 5) is 17.6. The van der Waals surface area contributed by atoms with Crippen molar-refractivity contribution < 1.29 is 14.3 Å². The van der Waals surface area contributed by atoms with Crippen LogP contribution in [0.15, 0.2) is 60.7 Å². The van der Waals surface area contributed by atoms with Crippen molar-refractivity contribution >= 4 is 45.8 Å². The zero-order valence-corrected chi connectivity index (χ0v) is 17.8. The minimum Gasteiger partial charge on any atom is -0.486 e. The maximum absolute atomic E-state index is 12.9. The average Bonchev–Trinajstić information content (AvgIpc) is 3.11. The van der Waals surface area contributed by atoms with Gasteiger partial charge in [-0.1, -0.05) is 35.3 Å². The maximum atomic E-state index is 12.9. The van der Waals surface area contributed by atoms with E-state index in [1.165, 1.54) is 0 Å². The normalized spacial score (nSPS) is 12.7. The van der Waals surface area contributed by atoms with Gasteiger partial charge in [-0.25, -0.2) is 4.98 Å². The molecule has 1 aliphatic heterocycles. The van der Waals surface area contributed by atoms with Crippen LogP contribution >= 0.6 is 23.2 Å². The molecule has 31 heavy (non-hydrogen) atoms. The van der Waals surface area contributed by atoms with Crippen molar-refractivity contribution in [3.8, 4) is 22.9 Å². The number of imidazole rings is 1. The predicted molar refractivity (Wildman–Crippen MR) is 121 cm³/mol. The van der Waals surface area contributed by atoms with Gasteiger partial charge >= 0.3 is 0 Å². The Labute approximate surface area is 188 Å². The summed E-state index contributed by atoms with van der Waals surface area (Å²) in [5, 5.41) is 3.92. The molecule has 0 saturated heterocycles. The number of amides is 1. The topological polar surface area (TPSA) is 65.4 Å². The number of aromatic nitrogens is 2. The zero-order valence-electron chi connectivity index (χ0n) is 16.3. The Balaban J connectivity index is 1.47. The number of para-hydroxylation sites is 2. The smallest absolute Gasteiger partial charge is 0.244 e. The third-order valence-corrected chi connectivity index (χ3v) is 5.50. The number of benzene rings is 3. The van der Waals surface area contributed by atoms with Crippen LogP contribution in [0.3, 0.4) is 0 Å². The van der Waals surface area contributed by atoms with Crippen LogP contribution in [0.2, 0.25) is 10.0 Å². The van der Waals surface area contributed by atoms with Crippen LogP contribution in [0, 0.1) is 0 Å². The molecule has 0 radical (unpaired) electrons. The van der Waals surface area contributed by atoms with E-state index in [9.17, 15) is 4.79 Å². The molecule has 0 fully saturated rings. The Kier molecular flexibility index (Phi) is 5.18. The van der Waals surface area contributed by atoms with E-state index in [0.717, 1.165) is 11.0 Å². The summed E-state index contributed by atoms with van der Waals surface area (Å²) in [7, 11) is 0. The average molecular weight is 454 g/mol. The standard InChI is InChI=1S/C23H17Cl2N3O3/c24-14-5-7-16(17(25)11-14)23-27-18-3-1-2-4-19(18)28(23)13-22(29)26-15-6-8-20-21(12-15)31-10-9-30-20/h1-8,11-12H,9-10,13H2,(H,26,29). The molecule has 2 heterocycles. The molecule has 1 aliphatic rings. The van der Waals surface area contributed by atoms with Crippen LogP contribution in [0.1, 0.15) is 0 Å². The van der Waals surface area contributed by atoms with Gasteiger partial charge in [-0.05, 0) is 42.5 Å². The first-order valence-corrected chi connectivity index (χ1v) is 10.4. The van der Waals surface area contributed by atoms with Gasteiger partial charge in [0.2, 0.25) is 5.91 Å². The Morgan fingerprint density at radius 3 is 2.65 bits per heavy atom. The second kappa shape index (κ2) is 8.13. The number of ether oxygens (including phenoxy) is 2. The van der Waals surface area contributed by atoms with Crippen LogP contribution in [0.4, 0.5) is 5.69 Å². The van der Waals surface area contributed by atoms with Crippen molar-refractivity contribution in [3.05, 3.63) is 70.7 Å². The van der Waals surface area contributed by atoms with Gasteiger partial charge in [-0.3, -0.25) is 4.79 Å². The van der Waals surface area contributed by atoms with Gasteiger partial charge in [0.05, 0.1) is 16.1 Å². The van der Waals surface area contributed by atoms with E-state index in [4.69, 9.17) is 37.7 Å². The van der Waals surface area contributed by atoms with Gasteiger partial charge < -0.3 is 19.4 Å². The number of hydrogen-bond donors (Lipinski definition) is 1. The molecule has 0 aliphatic carbocycles. The lowest BCUT2D eigenvalue weighted by Gasteiger charge is -2.19. The van der Waals surface area contributed by atoms with Crippen molar-refractivity contribution in [1.82, 2.24) is 9.55 Å². The monoisotopic (exact) mass is 453 g/mol.